The Bertz CT molecular complexity index is 376. The fraction of sp³-hybridized carbons (Fsp3) is 0.600. The highest BCUT2D eigenvalue weighted by Crippen LogP contribution is 2.23. The van der Waals surface area contributed by atoms with Crippen LogP contribution in [0.3, 0.4) is 0 Å². The van der Waals surface area contributed by atoms with Gasteiger partial charge in [-0.2, -0.15) is 13.2 Å². The third kappa shape index (κ3) is 7.90. The van der Waals surface area contributed by atoms with Gasteiger partial charge in [-0.1, -0.05) is 35.0 Å². The molecule has 1 aromatic rings. The molecule has 1 unspecified atom stereocenters. The topological polar surface area (TPSA) is 12.0 Å². The molecule has 0 saturated heterocycles. The van der Waals surface area contributed by atoms with Crippen LogP contribution in [0.25, 0.3) is 0 Å². The van der Waals surface area contributed by atoms with E-state index in [0.717, 1.165) is 29.4 Å². The molecule has 0 radical (unpaired) electrons. The van der Waals surface area contributed by atoms with Crippen LogP contribution in [0, 0.1) is 0 Å². The average molecular weight is 352 g/mol. The molecule has 0 heterocycles. The quantitative estimate of drug-likeness (QED) is 0.687. The van der Waals surface area contributed by atoms with Gasteiger partial charge in [-0.05, 0) is 49.9 Å². The number of rotatable bonds is 8. The highest BCUT2D eigenvalue weighted by molar-refractivity contribution is 9.10. The van der Waals surface area contributed by atoms with E-state index in [2.05, 4.69) is 28.2 Å². The Kier molecular flexibility index (Phi) is 7.59. The number of nitrogens with one attached hydrogen (secondary N) is 1. The normalized spacial score (nSPS) is 13.4. The van der Waals surface area contributed by atoms with Gasteiger partial charge in [-0.25, -0.2) is 0 Å². The molecule has 1 N–H and O–H groups in total. The molecule has 0 aromatic heterocycles. The molecule has 0 bridgehead atoms. The van der Waals surface area contributed by atoms with Gasteiger partial charge in [0.25, 0.3) is 0 Å². The van der Waals surface area contributed by atoms with Crippen LogP contribution >= 0.6 is 15.9 Å². The molecule has 1 aromatic carbocycles. The van der Waals surface area contributed by atoms with Gasteiger partial charge in [-0.15, -0.1) is 0 Å². The molecule has 0 fully saturated rings. The van der Waals surface area contributed by atoms with Crippen molar-refractivity contribution in [2.45, 2.75) is 51.2 Å². The Morgan fingerprint density at radius 1 is 1.20 bits per heavy atom. The minimum atomic E-state index is -4.05. The summed E-state index contributed by atoms with van der Waals surface area (Å²) in [6.07, 6.45) is -2.26. The predicted octanol–water partition coefficient (Wildman–Crippen LogP) is 5.09. The molecule has 5 heteroatoms. The second-order valence-electron chi connectivity index (χ2n) is 4.99. The third-order valence-corrected chi connectivity index (χ3v) is 3.62. The van der Waals surface area contributed by atoms with E-state index in [4.69, 9.17) is 0 Å². The van der Waals surface area contributed by atoms with Gasteiger partial charge in [0.1, 0.15) is 0 Å². The maximum atomic E-state index is 12.2. The molecule has 0 aliphatic heterocycles. The summed E-state index contributed by atoms with van der Waals surface area (Å²) in [5.41, 5.74) is 1.15. The molecule has 0 spiro atoms. The first-order valence-corrected chi connectivity index (χ1v) is 7.74. The van der Waals surface area contributed by atoms with Crippen molar-refractivity contribution in [2.75, 3.05) is 6.54 Å². The Balaban J connectivity index is 2.48. The lowest BCUT2D eigenvalue weighted by Gasteiger charge is -2.19. The summed E-state index contributed by atoms with van der Waals surface area (Å²) in [4.78, 5) is 0. The van der Waals surface area contributed by atoms with E-state index in [0.29, 0.717) is 6.42 Å². The SMILES string of the molecule is CCCNC(CCCC(F)(F)F)Cc1ccc(Br)cc1. The van der Waals surface area contributed by atoms with Crippen molar-refractivity contribution in [1.82, 2.24) is 5.32 Å². The minimum absolute atomic E-state index is 0.110. The summed E-state index contributed by atoms with van der Waals surface area (Å²) in [6, 6.07) is 8.05. The van der Waals surface area contributed by atoms with Gasteiger partial charge in [0.2, 0.25) is 0 Å². The number of alkyl halides is 3. The number of hydrogen-bond acceptors (Lipinski definition) is 1. The number of hydrogen-bond donors (Lipinski definition) is 1. The van der Waals surface area contributed by atoms with E-state index < -0.39 is 12.6 Å². The summed E-state index contributed by atoms with van der Waals surface area (Å²) >= 11 is 3.38. The van der Waals surface area contributed by atoms with Crippen LogP contribution in [0.15, 0.2) is 28.7 Å². The van der Waals surface area contributed by atoms with E-state index in [9.17, 15) is 13.2 Å². The first kappa shape index (κ1) is 17.5. The molecule has 0 amide bonds. The summed E-state index contributed by atoms with van der Waals surface area (Å²) in [5, 5.41) is 3.34. The Labute approximate surface area is 127 Å². The van der Waals surface area contributed by atoms with Gasteiger partial charge in [-0.3, -0.25) is 0 Å². The highest BCUT2D eigenvalue weighted by Gasteiger charge is 2.26. The first-order chi connectivity index (χ1) is 9.40. The molecule has 0 aliphatic carbocycles. The van der Waals surface area contributed by atoms with E-state index in [1.54, 1.807) is 0 Å². The Hall–Kier alpha value is -0.550. The molecule has 0 aliphatic rings. The van der Waals surface area contributed by atoms with Crippen LogP contribution in [-0.4, -0.2) is 18.8 Å². The number of halogens is 4. The highest BCUT2D eigenvalue weighted by atomic mass is 79.9. The van der Waals surface area contributed by atoms with Crippen LogP contribution < -0.4 is 5.32 Å². The summed E-state index contributed by atoms with van der Waals surface area (Å²) < 4.78 is 37.6. The van der Waals surface area contributed by atoms with E-state index in [1.807, 2.05) is 24.3 Å². The Morgan fingerprint density at radius 3 is 2.40 bits per heavy atom. The largest absolute Gasteiger partial charge is 0.389 e. The van der Waals surface area contributed by atoms with Gasteiger partial charge >= 0.3 is 6.18 Å². The molecule has 0 saturated carbocycles. The van der Waals surface area contributed by atoms with E-state index in [1.165, 1.54) is 0 Å². The minimum Gasteiger partial charge on any atom is -0.314 e. The average Bonchev–Trinajstić information content (AvgIpc) is 2.37. The van der Waals surface area contributed by atoms with Crippen molar-refractivity contribution in [1.29, 1.82) is 0 Å². The fourth-order valence-corrected chi connectivity index (χ4v) is 2.34. The van der Waals surface area contributed by atoms with Crippen molar-refractivity contribution in [2.24, 2.45) is 0 Å². The summed E-state index contributed by atoms with van der Waals surface area (Å²) in [7, 11) is 0. The fourth-order valence-electron chi connectivity index (χ4n) is 2.08. The predicted molar refractivity (Wildman–Crippen MR) is 79.8 cm³/mol. The maximum absolute atomic E-state index is 12.2. The lowest BCUT2D eigenvalue weighted by molar-refractivity contribution is -0.135. The number of benzene rings is 1. The second kappa shape index (κ2) is 8.67. The molecule has 114 valence electrons. The van der Waals surface area contributed by atoms with Gasteiger partial charge in [0.05, 0.1) is 0 Å². The molecule has 1 rings (SSSR count). The van der Waals surface area contributed by atoms with Crippen molar-refractivity contribution >= 4 is 15.9 Å². The lowest BCUT2D eigenvalue weighted by atomic mass is 10.0. The lowest BCUT2D eigenvalue weighted by Crippen LogP contribution is -2.32. The van der Waals surface area contributed by atoms with Crippen molar-refractivity contribution in [3.05, 3.63) is 34.3 Å². The van der Waals surface area contributed by atoms with Crippen LogP contribution in [0.4, 0.5) is 13.2 Å². The molecule has 1 atom stereocenters. The van der Waals surface area contributed by atoms with Crippen LogP contribution in [0.1, 0.15) is 38.2 Å². The van der Waals surface area contributed by atoms with Crippen molar-refractivity contribution < 1.29 is 13.2 Å². The van der Waals surface area contributed by atoms with Gasteiger partial charge in [0.15, 0.2) is 0 Å². The zero-order valence-corrected chi connectivity index (χ0v) is 13.2. The van der Waals surface area contributed by atoms with Crippen LogP contribution in [0.5, 0.6) is 0 Å². The van der Waals surface area contributed by atoms with E-state index >= 15 is 0 Å². The Morgan fingerprint density at radius 2 is 1.85 bits per heavy atom. The molecular formula is C15H21BrF3N. The molecule has 1 nitrogen and oxygen atoms in total. The van der Waals surface area contributed by atoms with Gasteiger partial charge < -0.3 is 5.32 Å². The van der Waals surface area contributed by atoms with E-state index in [-0.39, 0.29) is 12.5 Å². The summed E-state index contributed by atoms with van der Waals surface area (Å²) in [6.45, 7) is 2.90. The molecule has 20 heavy (non-hydrogen) atoms. The van der Waals surface area contributed by atoms with Crippen molar-refractivity contribution in [3.8, 4) is 0 Å². The standard InChI is InChI=1S/C15H21BrF3N/c1-2-10-20-14(4-3-9-15(17,18)19)11-12-5-7-13(16)8-6-12/h5-8,14,20H,2-4,9-11H2,1H3. The molecular weight excluding hydrogens is 331 g/mol. The zero-order valence-electron chi connectivity index (χ0n) is 11.6. The zero-order chi connectivity index (χ0) is 15.0. The maximum Gasteiger partial charge on any atom is 0.389 e. The summed E-state index contributed by atoms with van der Waals surface area (Å²) in [5.74, 6) is 0. The van der Waals surface area contributed by atoms with Crippen molar-refractivity contribution in [3.63, 3.8) is 0 Å². The first-order valence-electron chi connectivity index (χ1n) is 6.95. The third-order valence-electron chi connectivity index (χ3n) is 3.09. The monoisotopic (exact) mass is 351 g/mol. The second-order valence-corrected chi connectivity index (χ2v) is 5.90. The van der Waals surface area contributed by atoms with Crippen LogP contribution in [-0.2, 0) is 6.42 Å². The smallest absolute Gasteiger partial charge is 0.314 e. The van der Waals surface area contributed by atoms with Gasteiger partial charge in [0, 0.05) is 16.9 Å². The van der Waals surface area contributed by atoms with Crippen LogP contribution in [0.2, 0.25) is 0 Å².